The minimum Gasteiger partial charge on any atom is -0.460 e. The predicted octanol–water partition coefficient (Wildman–Crippen LogP) is 2.11. The van der Waals surface area contributed by atoms with Crippen LogP contribution in [0.25, 0.3) is 0 Å². The number of piperidine rings is 1. The van der Waals surface area contributed by atoms with Gasteiger partial charge in [0, 0.05) is 19.3 Å². The fraction of sp³-hybridized carbons (Fsp3) is 0.632. The number of rotatable bonds is 5. The number of benzene rings is 1. The van der Waals surface area contributed by atoms with Crippen molar-refractivity contribution >= 4 is 5.97 Å². The number of hydrogen-bond donors (Lipinski definition) is 3. The van der Waals surface area contributed by atoms with E-state index in [4.69, 9.17) is 4.74 Å². The molecule has 0 bridgehead atoms. The first-order valence-corrected chi connectivity index (χ1v) is 9.02. The number of carbonyl (C=O) groups is 1. The van der Waals surface area contributed by atoms with Gasteiger partial charge in [-0.05, 0) is 37.9 Å². The van der Waals surface area contributed by atoms with Gasteiger partial charge in [-0.15, -0.1) is 0 Å². The summed E-state index contributed by atoms with van der Waals surface area (Å²) in [4.78, 5) is 12.8. The fourth-order valence-corrected chi connectivity index (χ4v) is 3.81. The van der Waals surface area contributed by atoms with Crippen LogP contribution in [0, 0.1) is 0 Å². The SMILES string of the molecule is O=C(OC1CCC(F)(F)C1)C(O)(CC1(O)CCNCC1)c1ccccc1. The van der Waals surface area contributed by atoms with E-state index in [0.29, 0.717) is 31.5 Å². The minimum atomic E-state index is -2.84. The van der Waals surface area contributed by atoms with Gasteiger partial charge in [0.1, 0.15) is 6.10 Å². The average molecular weight is 369 g/mol. The number of carbonyl (C=O) groups excluding carboxylic acids is 1. The molecule has 1 heterocycles. The summed E-state index contributed by atoms with van der Waals surface area (Å²) in [6.45, 7) is 1.15. The summed E-state index contributed by atoms with van der Waals surface area (Å²) in [5.74, 6) is -3.82. The van der Waals surface area contributed by atoms with Crippen molar-refractivity contribution in [3.8, 4) is 0 Å². The lowest BCUT2D eigenvalue weighted by molar-refractivity contribution is -0.182. The molecule has 2 fully saturated rings. The Labute approximate surface area is 151 Å². The van der Waals surface area contributed by atoms with Gasteiger partial charge in [0.05, 0.1) is 5.60 Å². The second-order valence-corrected chi connectivity index (χ2v) is 7.50. The van der Waals surface area contributed by atoms with Crippen LogP contribution in [0.3, 0.4) is 0 Å². The summed E-state index contributed by atoms with van der Waals surface area (Å²) in [5, 5.41) is 25.2. The molecule has 1 saturated heterocycles. The van der Waals surface area contributed by atoms with E-state index in [1.54, 1.807) is 30.3 Å². The highest BCUT2D eigenvalue weighted by Crippen LogP contribution is 2.40. The zero-order valence-electron chi connectivity index (χ0n) is 14.6. The number of aliphatic hydroxyl groups is 2. The molecule has 2 atom stereocenters. The molecule has 7 heteroatoms. The molecular weight excluding hydrogens is 344 g/mol. The van der Waals surface area contributed by atoms with E-state index in [1.807, 2.05) is 0 Å². The van der Waals surface area contributed by atoms with Crippen molar-refractivity contribution in [1.82, 2.24) is 5.32 Å². The zero-order chi connectivity index (χ0) is 18.8. The fourth-order valence-electron chi connectivity index (χ4n) is 3.81. The third-order valence-electron chi connectivity index (χ3n) is 5.34. The van der Waals surface area contributed by atoms with Crippen LogP contribution in [0.1, 0.15) is 44.1 Å². The topological polar surface area (TPSA) is 78.8 Å². The molecule has 1 aromatic rings. The predicted molar refractivity (Wildman–Crippen MR) is 90.7 cm³/mol. The molecule has 26 heavy (non-hydrogen) atoms. The Morgan fingerprint density at radius 1 is 1.23 bits per heavy atom. The van der Waals surface area contributed by atoms with Crippen molar-refractivity contribution in [3.63, 3.8) is 0 Å². The van der Waals surface area contributed by atoms with Gasteiger partial charge in [0.15, 0.2) is 5.60 Å². The van der Waals surface area contributed by atoms with Crippen molar-refractivity contribution in [1.29, 1.82) is 0 Å². The van der Waals surface area contributed by atoms with Crippen LogP contribution in [0.4, 0.5) is 8.78 Å². The molecule has 2 unspecified atom stereocenters. The van der Waals surface area contributed by atoms with Gasteiger partial charge < -0.3 is 20.3 Å². The number of alkyl halides is 2. The van der Waals surface area contributed by atoms with Crippen molar-refractivity contribution < 1.29 is 28.5 Å². The van der Waals surface area contributed by atoms with Gasteiger partial charge in [-0.3, -0.25) is 0 Å². The Morgan fingerprint density at radius 3 is 2.46 bits per heavy atom. The molecular formula is C19H25F2NO4. The number of esters is 1. The van der Waals surface area contributed by atoms with Gasteiger partial charge in [-0.1, -0.05) is 30.3 Å². The molecule has 5 nitrogen and oxygen atoms in total. The highest BCUT2D eigenvalue weighted by molar-refractivity contribution is 5.81. The van der Waals surface area contributed by atoms with E-state index < -0.39 is 35.6 Å². The van der Waals surface area contributed by atoms with Crippen LogP contribution in [-0.2, 0) is 15.1 Å². The Morgan fingerprint density at radius 2 is 1.88 bits per heavy atom. The quantitative estimate of drug-likeness (QED) is 0.693. The van der Waals surface area contributed by atoms with Gasteiger partial charge in [-0.25, -0.2) is 13.6 Å². The van der Waals surface area contributed by atoms with Crippen LogP contribution in [0.2, 0.25) is 0 Å². The molecule has 0 aromatic heterocycles. The van der Waals surface area contributed by atoms with E-state index in [9.17, 15) is 23.8 Å². The van der Waals surface area contributed by atoms with Gasteiger partial charge in [-0.2, -0.15) is 0 Å². The number of ether oxygens (including phenoxy) is 1. The van der Waals surface area contributed by atoms with Crippen LogP contribution in [0.15, 0.2) is 30.3 Å². The molecule has 3 N–H and O–H groups in total. The highest BCUT2D eigenvalue weighted by Gasteiger charge is 2.49. The van der Waals surface area contributed by atoms with Crippen LogP contribution in [-0.4, -0.2) is 46.9 Å². The zero-order valence-corrected chi connectivity index (χ0v) is 14.6. The molecule has 144 valence electrons. The lowest BCUT2D eigenvalue weighted by atomic mass is 9.77. The maximum absolute atomic E-state index is 13.4. The van der Waals surface area contributed by atoms with E-state index in [0.717, 1.165) is 0 Å². The molecule has 1 aromatic carbocycles. The van der Waals surface area contributed by atoms with Crippen molar-refractivity contribution in [2.24, 2.45) is 0 Å². The largest absolute Gasteiger partial charge is 0.460 e. The number of hydrogen-bond acceptors (Lipinski definition) is 5. The lowest BCUT2D eigenvalue weighted by Gasteiger charge is -2.39. The Balaban J connectivity index is 1.82. The summed E-state index contributed by atoms with van der Waals surface area (Å²) in [7, 11) is 0. The van der Waals surface area contributed by atoms with Crippen LogP contribution >= 0.6 is 0 Å². The summed E-state index contributed by atoms with van der Waals surface area (Å²) < 4.78 is 32.1. The van der Waals surface area contributed by atoms with E-state index in [-0.39, 0.29) is 19.3 Å². The molecule has 1 aliphatic heterocycles. The van der Waals surface area contributed by atoms with Crippen LogP contribution in [0.5, 0.6) is 0 Å². The Hall–Kier alpha value is -1.57. The highest BCUT2D eigenvalue weighted by atomic mass is 19.3. The number of nitrogens with one attached hydrogen (secondary N) is 1. The third kappa shape index (κ3) is 4.22. The first kappa shape index (κ1) is 19.2. The van der Waals surface area contributed by atoms with E-state index >= 15 is 0 Å². The van der Waals surface area contributed by atoms with Gasteiger partial charge in [0.2, 0.25) is 0 Å². The normalized spacial score (nSPS) is 26.8. The van der Waals surface area contributed by atoms with Crippen molar-refractivity contribution in [2.75, 3.05) is 13.1 Å². The van der Waals surface area contributed by atoms with E-state index in [2.05, 4.69) is 5.32 Å². The molecule has 2 aliphatic rings. The third-order valence-corrected chi connectivity index (χ3v) is 5.34. The molecule has 1 saturated carbocycles. The first-order chi connectivity index (χ1) is 12.2. The minimum absolute atomic E-state index is 0.0673. The standard InChI is InChI=1S/C19H25F2NO4/c20-18(21)7-6-15(12-18)26-16(23)19(25,14-4-2-1-3-5-14)13-17(24)8-10-22-11-9-17/h1-5,15,22,24-25H,6-13H2. The molecule has 0 spiro atoms. The average Bonchev–Trinajstić information content (AvgIpc) is 2.94. The molecule has 1 aliphatic carbocycles. The summed E-state index contributed by atoms with van der Waals surface area (Å²) in [6.07, 6.45) is -1.17. The van der Waals surface area contributed by atoms with Crippen molar-refractivity contribution in [2.45, 2.75) is 61.8 Å². The van der Waals surface area contributed by atoms with E-state index in [1.165, 1.54) is 0 Å². The summed E-state index contributed by atoms with van der Waals surface area (Å²) in [6, 6.07) is 8.24. The monoisotopic (exact) mass is 369 g/mol. The second kappa shape index (κ2) is 7.21. The lowest BCUT2D eigenvalue weighted by Crippen LogP contribution is -2.50. The molecule has 0 amide bonds. The van der Waals surface area contributed by atoms with Crippen LogP contribution < -0.4 is 5.32 Å². The number of halogens is 2. The molecule has 3 rings (SSSR count). The molecule has 0 radical (unpaired) electrons. The van der Waals surface area contributed by atoms with Gasteiger partial charge in [0.25, 0.3) is 5.92 Å². The smallest absolute Gasteiger partial charge is 0.343 e. The first-order valence-electron chi connectivity index (χ1n) is 9.02. The Kier molecular flexibility index (Phi) is 5.33. The second-order valence-electron chi connectivity index (χ2n) is 7.50. The van der Waals surface area contributed by atoms with Gasteiger partial charge >= 0.3 is 5.97 Å². The maximum Gasteiger partial charge on any atom is 0.343 e. The Bertz CT molecular complexity index is 634. The maximum atomic E-state index is 13.4. The summed E-state index contributed by atoms with van der Waals surface area (Å²) in [5.41, 5.74) is -3.01. The summed E-state index contributed by atoms with van der Waals surface area (Å²) >= 11 is 0. The van der Waals surface area contributed by atoms with Crippen molar-refractivity contribution in [3.05, 3.63) is 35.9 Å².